The van der Waals surface area contributed by atoms with E-state index in [0.29, 0.717) is 5.56 Å². The molecule has 6 heteroatoms. The summed E-state index contributed by atoms with van der Waals surface area (Å²) in [6, 6.07) is 11.1. The van der Waals surface area contributed by atoms with Gasteiger partial charge in [-0.15, -0.1) is 0 Å². The lowest BCUT2D eigenvalue weighted by atomic mass is 10.2. The van der Waals surface area contributed by atoms with Crippen LogP contribution in [0.3, 0.4) is 0 Å². The molecule has 0 fully saturated rings. The second kappa shape index (κ2) is 6.63. The Kier molecular flexibility index (Phi) is 4.87. The topological polar surface area (TPSA) is 41.5 Å². The van der Waals surface area contributed by atoms with Gasteiger partial charge in [-0.3, -0.25) is 4.79 Å². The predicted octanol–water partition coefficient (Wildman–Crippen LogP) is 4.01. The highest BCUT2D eigenvalue weighted by atomic mass is 79.9. The molecule has 0 aromatic heterocycles. The molecule has 0 saturated heterocycles. The molecule has 102 valence electrons. The van der Waals surface area contributed by atoms with Crippen molar-refractivity contribution in [1.29, 1.82) is 0 Å². The minimum atomic E-state index is -0.502. The summed E-state index contributed by atoms with van der Waals surface area (Å²) >= 11 is 9.10. The van der Waals surface area contributed by atoms with E-state index in [0.717, 1.165) is 4.47 Å². The molecular formula is C14H9BrClFN2O. The van der Waals surface area contributed by atoms with Crippen molar-refractivity contribution in [2.24, 2.45) is 5.10 Å². The maximum absolute atomic E-state index is 13.5. The molecule has 0 spiro atoms. The van der Waals surface area contributed by atoms with Gasteiger partial charge in [-0.1, -0.05) is 39.7 Å². The fourth-order valence-electron chi connectivity index (χ4n) is 1.48. The van der Waals surface area contributed by atoms with E-state index in [9.17, 15) is 9.18 Å². The second-order valence-corrected chi connectivity index (χ2v) is 5.17. The van der Waals surface area contributed by atoms with Gasteiger partial charge < -0.3 is 0 Å². The van der Waals surface area contributed by atoms with Crippen LogP contribution in [0.4, 0.5) is 4.39 Å². The van der Waals surface area contributed by atoms with Crippen LogP contribution in [0.15, 0.2) is 52.0 Å². The predicted molar refractivity (Wildman–Crippen MR) is 80.6 cm³/mol. The molecule has 2 aromatic rings. The van der Waals surface area contributed by atoms with E-state index in [1.54, 1.807) is 30.3 Å². The third-order valence-electron chi connectivity index (χ3n) is 2.45. The SMILES string of the molecule is O=C(N/N=C\c1c(F)cccc1Cl)c1cccc(Br)c1. The van der Waals surface area contributed by atoms with Crippen LogP contribution in [0, 0.1) is 5.82 Å². The Hall–Kier alpha value is -1.72. The van der Waals surface area contributed by atoms with Crippen molar-refractivity contribution in [2.75, 3.05) is 0 Å². The maximum Gasteiger partial charge on any atom is 0.271 e. The largest absolute Gasteiger partial charge is 0.271 e. The molecule has 0 aliphatic carbocycles. The van der Waals surface area contributed by atoms with E-state index in [4.69, 9.17) is 11.6 Å². The van der Waals surface area contributed by atoms with Gasteiger partial charge in [0.2, 0.25) is 0 Å². The summed E-state index contributed by atoms with van der Waals surface area (Å²) in [5.74, 6) is -0.895. The number of nitrogens with one attached hydrogen (secondary N) is 1. The number of carbonyl (C=O) groups is 1. The highest BCUT2D eigenvalue weighted by molar-refractivity contribution is 9.10. The third-order valence-corrected chi connectivity index (χ3v) is 3.27. The lowest BCUT2D eigenvalue weighted by molar-refractivity contribution is 0.0955. The van der Waals surface area contributed by atoms with Crippen molar-refractivity contribution < 1.29 is 9.18 Å². The van der Waals surface area contributed by atoms with E-state index in [-0.39, 0.29) is 10.6 Å². The van der Waals surface area contributed by atoms with Crippen LogP contribution in [-0.4, -0.2) is 12.1 Å². The first-order valence-electron chi connectivity index (χ1n) is 5.61. The monoisotopic (exact) mass is 354 g/mol. The van der Waals surface area contributed by atoms with Crippen LogP contribution in [0.25, 0.3) is 0 Å². The molecule has 0 saturated carbocycles. The van der Waals surface area contributed by atoms with Crippen molar-refractivity contribution >= 4 is 39.7 Å². The highest BCUT2D eigenvalue weighted by Gasteiger charge is 2.06. The fourth-order valence-corrected chi connectivity index (χ4v) is 2.09. The summed E-state index contributed by atoms with van der Waals surface area (Å²) in [6.45, 7) is 0. The molecule has 0 heterocycles. The Balaban J connectivity index is 2.09. The molecule has 0 radical (unpaired) electrons. The fraction of sp³-hybridized carbons (Fsp3) is 0. The Morgan fingerprint density at radius 2 is 2.05 bits per heavy atom. The van der Waals surface area contributed by atoms with Crippen molar-refractivity contribution in [2.45, 2.75) is 0 Å². The minimum Gasteiger partial charge on any atom is -0.267 e. The molecule has 0 aliphatic heterocycles. The van der Waals surface area contributed by atoms with Gasteiger partial charge in [0.25, 0.3) is 5.91 Å². The molecule has 0 aliphatic rings. The quantitative estimate of drug-likeness (QED) is 0.656. The summed E-state index contributed by atoms with van der Waals surface area (Å²) in [6.07, 6.45) is 1.17. The molecule has 20 heavy (non-hydrogen) atoms. The average molecular weight is 356 g/mol. The van der Waals surface area contributed by atoms with E-state index in [1.807, 2.05) is 0 Å². The number of hydrogen-bond donors (Lipinski definition) is 1. The van der Waals surface area contributed by atoms with Crippen molar-refractivity contribution in [1.82, 2.24) is 5.43 Å². The van der Waals surface area contributed by atoms with Gasteiger partial charge in [0.15, 0.2) is 0 Å². The first kappa shape index (κ1) is 14.7. The number of halogens is 3. The summed E-state index contributed by atoms with van der Waals surface area (Å²) in [4.78, 5) is 11.8. The molecular weight excluding hydrogens is 347 g/mol. The number of nitrogens with zero attached hydrogens (tertiary/aromatic N) is 1. The zero-order valence-corrected chi connectivity index (χ0v) is 12.5. The van der Waals surface area contributed by atoms with Gasteiger partial charge in [0.05, 0.1) is 11.2 Å². The summed E-state index contributed by atoms with van der Waals surface area (Å²) in [7, 11) is 0. The van der Waals surface area contributed by atoms with E-state index in [2.05, 4.69) is 26.5 Å². The molecule has 2 rings (SSSR count). The van der Waals surface area contributed by atoms with Crippen LogP contribution >= 0.6 is 27.5 Å². The van der Waals surface area contributed by atoms with Gasteiger partial charge in [-0.05, 0) is 30.3 Å². The molecule has 1 N–H and O–H groups in total. The smallest absolute Gasteiger partial charge is 0.267 e. The molecule has 0 unspecified atom stereocenters. The number of amides is 1. The van der Waals surface area contributed by atoms with Gasteiger partial charge in [0.1, 0.15) is 5.82 Å². The van der Waals surface area contributed by atoms with E-state index in [1.165, 1.54) is 18.3 Å². The van der Waals surface area contributed by atoms with Crippen molar-refractivity contribution in [3.05, 3.63) is 68.9 Å². The first-order chi connectivity index (χ1) is 9.58. The molecule has 3 nitrogen and oxygen atoms in total. The lowest BCUT2D eigenvalue weighted by Crippen LogP contribution is -2.17. The van der Waals surface area contributed by atoms with Crippen molar-refractivity contribution in [3.8, 4) is 0 Å². The maximum atomic E-state index is 13.5. The number of benzene rings is 2. The second-order valence-electron chi connectivity index (χ2n) is 3.84. The first-order valence-corrected chi connectivity index (χ1v) is 6.78. The Labute approximate surface area is 128 Å². The van der Waals surface area contributed by atoms with Gasteiger partial charge in [-0.2, -0.15) is 5.10 Å². The zero-order chi connectivity index (χ0) is 14.5. The van der Waals surface area contributed by atoms with Crippen LogP contribution in [0.2, 0.25) is 5.02 Å². The summed E-state index contributed by atoms with van der Waals surface area (Å²) < 4.78 is 14.2. The number of hydrazone groups is 1. The molecule has 2 aromatic carbocycles. The summed E-state index contributed by atoms with van der Waals surface area (Å²) in [5.41, 5.74) is 2.88. The van der Waals surface area contributed by atoms with E-state index < -0.39 is 11.7 Å². The Morgan fingerprint density at radius 1 is 1.30 bits per heavy atom. The molecule has 1 amide bonds. The normalized spacial score (nSPS) is 10.8. The standard InChI is InChI=1S/C14H9BrClFN2O/c15-10-4-1-3-9(7-10)14(20)19-18-8-11-12(16)5-2-6-13(11)17/h1-8H,(H,19,20)/b18-8-. The van der Waals surface area contributed by atoms with Gasteiger partial charge in [-0.25, -0.2) is 9.82 Å². The number of carbonyl (C=O) groups excluding carboxylic acids is 1. The number of hydrogen-bond acceptors (Lipinski definition) is 2. The highest BCUT2D eigenvalue weighted by Crippen LogP contribution is 2.16. The van der Waals surface area contributed by atoms with Crippen molar-refractivity contribution in [3.63, 3.8) is 0 Å². The molecule has 0 atom stereocenters. The third kappa shape index (κ3) is 3.65. The van der Waals surface area contributed by atoms with Gasteiger partial charge >= 0.3 is 0 Å². The van der Waals surface area contributed by atoms with Gasteiger partial charge in [0, 0.05) is 15.6 Å². The minimum absolute atomic E-state index is 0.128. The van der Waals surface area contributed by atoms with Crippen LogP contribution < -0.4 is 5.43 Å². The summed E-state index contributed by atoms with van der Waals surface area (Å²) in [5, 5.41) is 3.93. The Bertz CT molecular complexity index is 656. The van der Waals surface area contributed by atoms with E-state index >= 15 is 0 Å². The van der Waals surface area contributed by atoms with Crippen LogP contribution in [0.5, 0.6) is 0 Å². The number of rotatable bonds is 3. The lowest BCUT2D eigenvalue weighted by Gasteiger charge is -2.01. The Morgan fingerprint density at radius 3 is 2.75 bits per heavy atom. The zero-order valence-electron chi connectivity index (χ0n) is 10.1. The van der Waals surface area contributed by atoms with Crippen LogP contribution in [0.1, 0.15) is 15.9 Å². The van der Waals surface area contributed by atoms with Crippen LogP contribution in [-0.2, 0) is 0 Å². The average Bonchev–Trinajstić information content (AvgIpc) is 2.42. The molecule has 0 bridgehead atoms.